The van der Waals surface area contributed by atoms with Crippen molar-refractivity contribution in [3.05, 3.63) is 82.8 Å². The summed E-state index contributed by atoms with van der Waals surface area (Å²) in [4.78, 5) is 17.4. The van der Waals surface area contributed by atoms with Crippen LogP contribution < -0.4 is 5.32 Å². The lowest BCUT2D eigenvalue weighted by molar-refractivity contribution is 0.102. The molecule has 2 heterocycles. The van der Waals surface area contributed by atoms with E-state index in [-0.39, 0.29) is 5.91 Å². The Morgan fingerprint density at radius 3 is 2.54 bits per heavy atom. The topological polar surface area (TPSA) is 59.3 Å². The number of fused-ring (bicyclic) bond motifs is 1. The Hall–Kier alpha value is -3.47. The summed E-state index contributed by atoms with van der Waals surface area (Å²) in [6.45, 7) is 7.90. The van der Waals surface area contributed by atoms with Crippen molar-refractivity contribution in [1.29, 1.82) is 0 Å². The molecule has 1 N–H and O–H groups in total. The van der Waals surface area contributed by atoms with Crippen LogP contribution in [0, 0.1) is 27.7 Å². The number of aromatic nitrogens is 3. The minimum absolute atomic E-state index is 0.188. The maximum Gasteiger partial charge on any atom is 0.259 e. The van der Waals surface area contributed by atoms with E-state index in [1.54, 1.807) is 10.7 Å². The average Bonchev–Trinajstić information content (AvgIpc) is 3.01. The molecule has 2 aromatic carbocycles. The molecule has 0 saturated heterocycles. The van der Waals surface area contributed by atoms with Gasteiger partial charge in [-0.05, 0) is 44.9 Å². The fraction of sp³-hybridized carbons (Fsp3) is 0.174. The summed E-state index contributed by atoms with van der Waals surface area (Å²) < 4.78 is 1.76. The molecule has 0 aliphatic carbocycles. The zero-order valence-corrected chi connectivity index (χ0v) is 16.4. The van der Waals surface area contributed by atoms with Gasteiger partial charge in [-0.3, -0.25) is 4.79 Å². The lowest BCUT2D eigenvalue weighted by atomic mass is 10.0. The predicted molar refractivity (Wildman–Crippen MR) is 112 cm³/mol. The van der Waals surface area contributed by atoms with E-state index in [4.69, 9.17) is 0 Å². The van der Waals surface area contributed by atoms with E-state index in [0.29, 0.717) is 5.56 Å². The highest BCUT2D eigenvalue weighted by atomic mass is 16.1. The van der Waals surface area contributed by atoms with Gasteiger partial charge in [0.05, 0.1) is 17.0 Å². The van der Waals surface area contributed by atoms with Crippen LogP contribution in [0.1, 0.15) is 32.9 Å². The molecule has 4 aromatic rings. The van der Waals surface area contributed by atoms with Crippen LogP contribution in [0.3, 0.4) is 0 Å². The Morgan fingerprint density at radius 1 is 1.00 bits per heavy atom. The van der Waals surface area contributed by atoms with Crippen molar-refractivity contribution in [2.24, 2.45) is 0 Å². The highest BCUT2D eigenvalue weighted by Crippen LogP contribution is 2.29. The van der Waals surface area contributed by atoms with E-state index < -0.39 is 0 Å². The smallest absolute Gasteiger partial charge is 0.259 e. The number of amides is 1. The van der Waals surface area contributed by atoms with Crippen molar-refractivity contribution < 1.29 is 4.79 Å². The Labute approximate surface area is 164 Å². The first-order chi connectivity index (χ1) is 13.5. The number of anilines is 1. The van der Waals surface area contributed by atoms with Crippen molar-refractivity contribution in [1.82, 2.24) is 14.6 Å². The van der Waals surface area contributed by atoms with Gasteiger partial charge in [0, 0.05) is 17.4 Å². The standard InChI is InChI=1S/C23H22N4O/c1-14-8-7-10-18(12-14)21-16(3)26-27-17(4)19(13-24-22(21)27)23(28)25-20-11-6-5-9-15(20)2/h5-13H,1-4H3,(H,25,28). The summed E-state index contributed by atoms with van der Waals surface area (Å²) in [5.41, 5.74) is 7.98. The molecule has 0 radical (unpaired) electrons. The van der Waals surface area contributed by atoms with E-state index in [1.807, 2.05) is 51.1 Å². The Kier molecular flexibility index (Phi) is 4.43. The van der Waals surface area contributed by atoms with Gasteiger partial charge >= 0.3 is 0 Å². The number of aryl methyl sites for hydroxylation is 4. The van der Waals surface area contributed by atoms with Gasteiger partial charge in [-0.1, -0.05) is 48.0 Å². The number of hydrogen-bond donors (Lipinski definition) is 1. The molecule has 1 amide bonds. The van der Waals surface area contributed by atoms with Crippen LogP contribution in [-0.2, 0) is 0 Å². The third-order valence-corrected chi connectivity index (χ3v) is 5.00. The van der Waals surface area contributed by atoms with E-state index in [2.05, 4.69) is 40.5 Å². The highest BCUT2D eigenvalue weighted by molar-refractivity contribution is 6.05. The van der Waals surface area contributed by atoms with Gasteiger partial charge in [-0.15, -0.1) is 0 Å². The Balaban J connectivity index is 1.78. The molecule has 28 heavy (non-hydrogen) atoms. The second-order valence-corrected chi connectivity index (χ2v) is 7.09. The number of nitrogens with zero attached hydrogens (tertiary/aromatic N) is 3. The number of benzene rings is 2. The van der Waals surface area contributed by atoms with Crippen molar-refractivity contribution in [3.63, 3.8) is 0 Å². The summed E-state index contributed by atoms with van der Waals surface area (Å²) in [7, 11) is 0. The number of carbonyl (C=O) groups excluding carboxylic acids is 1. The molecule has 5 heteroatoms. The van der Waals surface area contributed by atoms with Crippen LogP contribution in [0.5, 0.6) is 0 Å². The summed E-state index contributed by atoms with van der Waals surface area (Å²) in [6.07, 6.45) is 1.64. The van der Waals surface area contributed by atoms with E-state index in [0.717, 1.165) is 39.4 Å². The molecule has 140 valence electrons. The fourth-order valence-corrected chi connectivity index (χ4v) is 3.47. The van der Waals surface area contributed by atoms with E-state index >= 15 is 0 Å². The lowest BCUT2D eigenvalue weighted by Crippen LogP contribution is -2.16. The zero-order chi connectivity index (χ0) is 19.8. The third-order valence-electron chi connectivity index (χ3n) is 5.00. The first-order valence-corrected chi connectivity index (χ1v) is 9.24. The average molecular weight is 370 g/mol. The second kappa shape index (κ2) is 6.93. The lowest BCUT2D eigenvalue weighted by Gasteiger charge is -2.10. The quantitative estimate of drug-likeness (QED) is 0.559. The zero-order valence-electron chi connectivity index (χ0n) is 16.4. The Morgan fingerprint density at radius 2 is 1.79 bits per heavy atom. The number of carbonyl (C=O) groups is 1. The van der Waals surface area contributed by atoms with E-state index in [9.17, 15) is 4.79 Å². The molecule has 0 aliphatic heterocycles. The molecule has 0 fully saturated rings. The van der Waals surface area contributed by atoms with Crippen molar-refractivity contribution in [2.45, 2.75) is 27.7 Å². The Bertz CT molecular complexity index is 1210. The normalized spacial score (nSPS) is 11.0. The predicted octanol–water partition coefficient (Wildman–Crippen LogP) is 4.88. The van der Waals surface area contributed by atoms with Crippen LogP contribution >= 0.6 is 0 Å². The van der Waals surface area contributed by atoms with Gasteiger partial charge in [-0.25, -0.2) is 9.50 Å². The minimum atomic E-state index is -0.188. The number of nitrogens with one attached hydrogen (secondary N) is 1. The first-order valence-electron chi connectivity index (χ1n) is 9.24. The van der Waals surface area contributed by atoms with Crippen LogP contribution in [0.25, 0.3) is 16.8 Å². The van der Waals surface area contributed by atoms with Crippen LogP contribution in [0.2, 0.25) is 0 Å². The van der Waals surface area contributed by atoms with Gasteiger partial charge < -0.3 is 5.32 Å². The highest BCUT2D eigenvalue weighted by Gasteiger charge is 2.19. The molecular formula is C23H22N4O. The van der Waals surface area contributed by atoms with Crippen LogP contribution in [0.4, 0.5) is 5.69 Å². The molecule has 0 atom stereocenters. The summed E-state index contributed by atoms with van der Waals surface area (Å²) in [6, 6.07) is 16.0. The summed E-state index contributed by atoms with van der Waals surface area (Å²) in [5.74, 6) is -0.188. The SMILES string of the molecule is Cc1cccc(-c2c(C)nn3c(C)c(C(=O)Nc4ccccc4C)cnc23)c1. The number of rotatable bonds is 3. The number of para-hydroxylation sites is 1. The third kappa shape index (κ3) is 3.05. The van der Waals surface area contributed by atoms with Crippen LogP contribution in [0.15, 0.2) is 54.7 Å². The molecular weight excluding hydrogens is 348 g/mol. The second-order valence-electron chi connectivity index (χ2n) is 7.09. The maximum absolute atomic E-state index is 12.8. The molecule has 0 unspecified atom stereocenters. The van der Waals surface area contributed by atoms with Crippen molar-refractivity contribution in [2.75, 3.05) is 5.32 Å². The molecule has 2 aromatic heterocycles. The van der Waals surface area contributed by atoms with Gasteiger partial charge in [0.2, 0.25) is 0 Å². The monoisotopic (exact) mass is 370 g/mol. The van der Waals surface area contributed by atoms with E-state index in [1.165, 1.54) is 5.56 Å². The van der Waals surface area contributed by atoms with Gasteiger partial charge in [0.25, 0.3) is 5.91 Å². The van der Waals surface area contributed by atoms with Gasteiger partial charge in [0.1, 0.15) is 0 Å². The van der Waals surface area contributed by atoms with Gasteiger partial charge in [0.15, 0.2) is 5.65 Å². The summed E-state index contributed by atoms with van der Waals surface area (Å²) in [5, 5.41) is 7.63. The van der Waals surface area contributed by atoms with Crippen molar-refractivity contribution >= 4 is 17.2 Å². The number of hydrogen-bond acceptors (Lipinski definition) is 3. The molecule has 4 rings (SSSR count). The molecule has 0 saturated carbocycles. The molecule has 0 spiro atoms. The summed E-state index contributed by atoms with van der Waals surface area (Å²) >= 11 is 0. The molecule has 5 nitrogen and oxygen atoms in total. The minimum Gasteiger partial charge on any atom is -0.322 e. The maximum atomic E-state index is 12.8. The van der Waals surface area contributed by atoms with Crippen molar-refractivity contribution in [3.8, 4) is 11.1 Å². The fourth-order valence-electron chi connectivity index (χ4n) is 3.47. The molecule has 0 bridgehead atoms. The van der Waals surface area contributed by atoms with Gasteiger partial charge in [-0.2, -0.15) is 5.10 Å². The molecule has 0 aliphatic rings. The largest absolute Gasteiger partial charge is 0.322 e. The van der Waals surface area contributed by atoms with Crippen LogP contribution in [-0.4, -0.2) is 20.5 Å². The first kappa shape index (κ1) is 17.9.